The highest BCUT2D eigenvalue weighted by Crippen LogP contribution is 2.17. The second-order valence-electron chi connectivity index (χ2n) is 20.6. The SMILES string of the molecule is CC/C=C\C/C=C\C/C=C\C/C=C\C/C=C\C/C=C\CCCCCCCCC(=O)OCC(COC(=O)CCCCCCCCCCCCCCCC)OC(=O)CCCCCCCCCCCCCCCCC. The zero-order chi connectivity index (χ0) is 52.2. The molecule has 0 aromatic carbocycles. The van der Waals surface area contributed by atoms with Gasteiger partial charge in [-0.25, -0.2) is 0 Å². The third-order valence-corrected chi connectivity index (χ3v) is 13.5. The molecule has 72 heavy (non-hydrogen) atoms. The summed E-state index contributed by atoms with van der Waals surface area (Å²) in [5, 5.41) is 0. The maximum atomic E-state index is 12.9. The van der Waals surface area contributed by atoms with Crippen molar-refractivity contribution in [1.29, 1.82) is 0 Å². The average molecular weight is 1010 g/mol. The number of carbonyl (C=O) groups excluding carboxylic acids is 3. The molecule has 0 N–H and O–H groups in total. The summed E-state index contributed by atoms with van der Waals surface area (Å²) in [5.41, 5.74) is 0. The molecule has 0 amide bonds. The Morgan fingerprint density at radius 2 is 0.542 bits per heavy atom. The molecule has 0 saturated carbocycles. The van der Waals surface area contributed by atoms with Crippen LogP contribution in [0.3, 0.4) is 0 Å². The van der Waals surface area contributed by atoms with Gasteiger partial charge in [0.05, 0.1) is 0 Å². The van der Waals surface area contributed by atoms with Crippen molar-refractivity contribution in [1.82, 2.24) is 0 Å². The summed E-state index contributed by atoms with van der Waals surface area (Å²) in [5.74, 6) is -0.875. The van der Waals surface area contributed by atoms with Crippen LogP contribution in [-0.2, 0) is 28.6 Å². The Hall–Kier alpha value is -3.15. The molecular formula is C66H116O6. The van der Waals surface area contributed by atoms with Gasteiger partial charge in [-0.3, -0.25) is 14.4 Å². The molecule has 416 valence electrons. The number of hydrogen-bond donors (Lipinski definition) is 0. The molecule has 0 aliphatic rings. The predicted molar refractivity (Wildman–Crippen MR) is 311 cm³/mol. The number of unbranched alkanes of at least 4 members (excludes halogenated alkanes) is 33. The van der Waals surface area contributed by atoms with Crippen LogP contribution in [0.15, 0.2) is 72.9 Å². The fourth-order valence-corrected chi connectivity index (χ4v) is 8.86. The lowest BCUT2D eigenvalue weighted by Crippen LogP contribution is -2.30. The second-order valence-corrected chi connectivity index (χ2v) is 20.6. The summed E-state index contributed by atoms with van der Waals surface area (Å²) in [6.07, 6.45) is 77.5. The van der Waals surface area contributed by atoms with Gasteiger partial charge in [-0.1, -0.05) is 293 Å². The van der Waals surface area contributed by atoms with E-state index in [0.29, 0.717) is 19.3 Å². The van der Waals surface area contributed by atoms with Crippen LogP contribution in [0.1, 0.15) is 310 Å². The first-order valence-corrected chi connectivity index (χ1v) is 30.9. The molecule has 0 bridgehead atoms. The molecule has 0 rings (SSSR count). The number of esters is 3. The molecule has 0 spiro atoms. The van der Waals surface area contributed by atoms with E-state index in [1.54, 1.807) is 0 Å². The molecule has 0 heterocycles. The van der Waals surface area contributed by atoms with E-state index in [1.165, 1.54) is 167 Å². The Labute approximate surface area is 446 Å². The standard InChI is InChI=1S/C66H116O6/c1-4-7-10-13-16-19-22-25-28-29-30-31-32-33-34-35-36-37-39-41-44-47-50-53-56-59-65(68)71-62-63(61-70-64(67)58-55-52-49-46-43-40-27-24-21-18-15-12-9-6-3)72-66(69)60-57-54-51-48-45-42-38-26-23-20-17-14-11-8-5-2/h7,10,16,19,25,28,30-31,33-34,36-37,63H,4-6,8-9,11-15,17-18,20-24,26-27,29,32,35,38-62H2,1-3H3/b10-7-,19-16-,28-25-,31-30-,34-33-,37-36-. The van der Waals surface area contributed by atoms with Crippen LogP contribution in [0.4, 0.5) is 0 Å². The van der Waals surface area contributed by atoms with E-state index in [-0.39, 0.29) is 31.1 Å². The first kappa shape index (κ1) is 68.8. The highest BCUT2D eigenvalue weighted by Gasteiger charge is 2.19. The number of carbonyl (C=O) groups is 3. The van der Waals surface area contributed by atoms with E-state index in [2.05, 4.69) is 93.7 Å². The molecule has 0 saturated heterocycles. The molecular weight excluding hydrogens is 889 g/mol. The monoisotopic (exact) mass is 1000 g/mol. The van der Waals surface area contributed by atoms with Crippen LogP contribution < -0.4 is 0 Å². The van der Waals surface area contributed by atoms with Gasteiger partial charge in [0.2, 0.25) is 0 Å². The average Bonchev–Trinajstić information content (AvgIpc) is 3.38. The first-order chi connectivity index (χ1) is 35.5. The van der Waals surface area contributed by atoms with Crippen LogP contribution in [0.25, 0.3) is 0 Å². The molecule has 6 heteroatoms. The van der Waals surface area contributed by atoms with Crippen molar-refractivity contribution >= 4 is 17.9 Å². The number of rotatable bonds is 56. The Morgan fingerprint density at radius 3 is 0.847 bits per heavy atom. The zero-order valence-corrected chi connectivity index (χ0v) is 47.7. The molecule has 0 radical (unpaired) electrons. The number of hydrogen-bond acceptors (Lipinski definition) is 6. The molecule has 1 atom stereocenters. The van der Waals surface area contributed by atoms with Gasteiger partial charge in [-0.15, -0.1) is 0 Å². The minimum absolute atomic E-state index is 0.0755. The summed E-state index contributed by atoms with van der Waals surface area (Å²) in [6, 6.07) is 0. The maximum Gasteiger partial charge on any atom is 0.306 e. The number of allylic oxidation sites excluding steroid dienone is 12. The predicted octanol–water partition coefficient (Wildman–Crippen LogP) is 20.9. The smallest absolute Gasteiger partial charge is 0.306 e. The third-order valence-electron chi connectivity index (χ3n) is 13.5. The van der Waals surface area contributed by atoms with Gasteiger partial charge in [-0.05, 0) is 70.6 Å². The van der Waals surface area contributed by atoms with Crippen molar-refractivity contribution in [3.05, 3.63) is 72.9 Å². The molecule has 0 aromatic rings. The Kier molecular flexibility index (Phi) is 57.8. The summed E-state index contributed by atoms with van der Waals surface area (Å²) in [6.45, 7) is 6.55. The molecule has 6 nitrogen and oxygen atoms in total. The van der Waals surface area contributed by atoms with E-state index < -0.39 is 6.10 Å². The summed E-state index contributed by atoms with van der Waals surface area (Å²) in [4.78, 5) is 38.2. The van der Waals surface area contributed by atoms with Crippen LogP contribution in [0.5, 0.6) is 0 Å². The van der Waals surface area contributed by atoms with Crippen LogP contribution in [0, 0.1) is 0 Å². The molecule has 0 aromatic heterocycles. The van der Waals surface area contributed by atoms with E-state index >= 15 is 0 Å². The van der Waals surface area contributed by atoms with Crippen molar-refractivity contribution in [2.24, 2.45) is 0 Å². The topological polar surface area (TPSA) is 78.9 Å². The van der Waals surface area contributed by atoms with E-state index in [4.69, 9.17) is 14.2 Å². The van der Waals surface area contributed by atoms with Crippen molar-refractivity contribution in [3.63, 3.8) is 0 Å². The fraction of sp³-hybridized carbons (Fsp3) is 0.773. The lowest BCUT2D eigenvalue weighted by molar-refractivity contribution is -0.167. The van der Waals surface area contributed by atoms with Crippen LogP contribution in [0.2, 0.25) is 0 Å². The highest BCUT2D eigenvalue weighted by molar-refractivity contribution is 5.71. The summed E-state index contributed by atoms with van der Waals surface area (Å²) in [7, 11) is 0. The first-order valence-electron chi connectivity index (χ1n) is 30.9. The maximum absolute atomic E-state index is 12.9. The van der Waals surface area contributed by atoms with E-state index in [0.717, 1.165) is 103 Å². The van der Waals surface area contributed by atoms with Gasteiger partial charge < -0.3 is 14.2 Å². The molecule has 0 aliphatic heterocycles. The highest BCUT2D eigenvalue weighted by atomic mass is 16.6. The summed E-state index contributed by atoms with van der Waals surface area (Å²) < 4.78 is 16.9. The quantitative estimate of drug-likeness (QED) is 0.0261. The van der Waals surface area contributed by atoms with Crippen molar-refractivity contribution in [2.75, 3.05) is 13.2 Å². The van der Waals surface area contributed by atoms with E-state index in [9.17, 15) is 14.4 Å². The van der Waals surface area contributed by atoms with Gasteiger partial charge in [-0.2, -0.15) is 0 Å². The van der Waals surface area contributed by atoms with Crippen molar-refractivity contribution in [2.45, 2.75) is 316 Å². The summed E-state index contributed by atoms with van der Waals surface area (Å²) >= 11 is 0. The normalized spacial score (nSPS) is 12.5. The van der Waals surface area contributed by atoms with Gasteiger partial charge in [0.25, 0.3) is 0 Å². The molecule has 0 fully saturated rings. The van der Waals surface area contributed by atoms with Crippen molar-refractivity contribution in [3.8, 4) is 0 Å². The van der Waals surface area contributed by atoms with Gasteiger partial charge in [0.15, 0.2) is 6.10 Å². The molecule has 0 aliphatic carbocycles. The fourth-order valence-electron chi connectivity index (χ4n) is 8.86. The van der Waals surface area contributed by atoms with Gasteiger partial charge in [0.1, 0.15) is 13.2 Å². The van der Waals surface area contributed by atoms with Gasteiger partial charge in [0, 0.05) is 19.3 Å². The minimum Gasteiger partial charge on any atom is -0.462 e. The third kappa shape index (κ3) is 57.7. The van der Waals surface area contributed by atoms with Gasteiger partial charge >= 0.3 is 17.9 Å². The van der Waals surface area contributed by atoms with E-state index in [1.807, 2.05) is 0 Å². The van der Waals surface area contributed by atoms with Crippen molar-refractivity contribution < 1.29 is 28.6 Å². The minimum atomic E-state index is -0.778. The number of ether oxygens (including phenoxy) is 3. The molecule has 1 unspecified atom stereocenters. The van der Waals surface area contributed by atoms with Crippen LogP contribution in [-0.4, -0.2) is 37.2 Å². The zero-order valence-electron chi connectivity index (χ0n) is 47.7. The lowest BCUT2D eigenvalue weighted by atomic mass is 10.0. The Balaban J connectivity index is 4.34. The Bertz CT molecular complexity index is 1340. The largest absolute Gasteiger partial charge is 0.462 e. The lowest BCUT2D eigenvalue weighted by Gasteiger charge is -2.18. The second kappa shape index (κ2) is 60.4. The Morgan fingerprint density at radius 1 is 0.292 bits per heavy atom. The van der Waals surface area contributed by atoms with Crippen LogP contribution >= 0.6 is 0 Å².